The van der Waals surface area contributed by atoms with Crippen molar-refractivity contribution in [3.63, 3.8) is 0 Å². The molecule has 1 aromatic heterocycles. The van der Waals surface area contributed by atoms with Gasteiger partial charge in [-0.1, -0.05) is 19.1 Å². The smallest absolute Gasteiger partial charge is 0.269 e. The lowest BCUT2D eigenvalue weighted by Crippen LogP contribution is -2.01. The molecule has 0 unspecified atom stereocenters. The number of non-ortho nitro benzene ring substituents is 1. The monoisotopic (exact) mass is 260 g/mol. The van der Waals surface area contributed by atoms with Gasteiger partial charge in [0, 0.05) is 31.9 Å². The van der Waals surface area contributed by atoms with Crippen molar-refractivity contribution in [1.82, 2.24) is 9.78 Å². The van der Waals surface area contributed by atoms with E-state index in [1.807, 2.05) is 26.2 Å². The quantitative estimate of drug-likeness (QED) is 0.662. The fourth-order valence-corrected chi connectivity index (χ4v) is 1.92. The van der Waals surface area contributed by atoms with Crippen LogP contribution in [0.5, 0.6) is 0 Å². The zero-order valence-corrected chi connectivity index (χ0v) is 11.0. The highest BCUT2D eigenvalue weighted by atomic mass is 16.6. The van der Waals surface area contributed by atoms with Gasteiger partial charge >= 0.3 is 0 Å². The van der Waals surface area contributed by atoms with Gasteiger partial charge in [-0.05, 0) is 12.0 Å². The molecule has 0 aliphatic carbocycles. The van der Waals surface area contributed by atoms with Crippen LogP contribution in [0.25, 0.3) is 0 Å². The summed E-state index contributed by atoms with van der Waals surface area (Å²) in [6, 6.07) is 6.63. The fourth-order valence-electron chi connectivity index (χ4n) is 1.92. The summed E-state index contributed by atoms with van der Waals surface area (Å²) in [5.74, 6) is 0. The van der Waals surface area contributed by atoms with Crippen LogP contribution in [0.15, 0.2) is 30.5 Å². The third kappa shape index (κ3) is 3.09. The number of aromatic nitrogens is 2. The molecule has 0 atom stereocenters. The SMILES string of the molecule is CCc1nn(C)cc1NCc1cccc([N+](=O)[O-])c1. The van der Waals surface area contributed by atoms with Gasteiger partial charge in [0.15, 0.2) is 0 Å². The highest BCUT2D eigenvalue weighted by Crippen LogP contribution is 2.17. The minimum absolute atomic E-state index is 0.112. The lowest BCUT2D eigenvalue weighted by atomic mass is 10.2. The van der Waals surface area contributed by atoms with Crippen LogP contribution in [0.2, 0.25) is 0 Å². The summed E-state index contributed by atoms with van der Waals surface area (Å²) >= 11 is 0. The molecule has 2 aromatic rings. The van der Waals surface area contributed by atoms with Gasteiger partial charge in [0.1, 0.15) is 0 Å². The minimum Gasteiger partial charge on any atom is -0.378 e. The van der Waals surface area contributed by atoms with Gasteiger partial charge in [-0.25, -0.2) is 0 Å². The first-order chi connectivity index (χ1) is 9.10. The van der Waals surface area contributed by atoms with Crippen LogP contribution < -0.4 is 5.32 Å². The molecule has 6 heteroatoms. The van der Waals surface area contributed by atoms with Crippen molar-refractivity contribution < 1.29 is 4.92 Å². The highest BCUT2D eigenvalue weighted by Gasteiger charge is 2.08. The second-order valence-corrected chi connectivity index (χ2v) is 4.30. The first-order valence-corrected chi connectivity index (χ1v) is 6.10. The van der Waals surface area contributed by atoms with Crippen LogP contribution >= 0.6 is 0 Å². The fraction of sp³-hybridized carbons (Fsp3) is 0.308. The van der Waals surface area contributed by atoms with Crippen molar-refractivity contribution in [2.75, 3.05) is 5.32 Å². The molecule has 1 N–H and O–H groups in total. The third-order valence-electron chi connectivity index (χ3n) is 2.84. The molecule has 0 aliphatic heterocycles. The van der Waals surface area contributed by atoms with Crippen molar-refractivity contribution >= 4 is 11.4 Å². The molecule has 0 fully saturated rings. The number of benzene rings is 1. The normalized spacial score (nSPS) is 10.4. The van der Waals surface area contributed by atoms with E-state index in [9.17, 15) is 10.1 Å². The molecule has 2 rings (SSSR count). The average Bonchev–Trinajstić information content (AvgIpc) is 2.77. The van der Waals surface area contributed by atoms with E-state index in [-0.39, 0.29) is 10.6 Å². The Labute approximate surface area is 111 Å². The number of anilines is 1. The third-order valence-corrected chi connectivity index (χ3v) is 2.84. The topological polar surface area (TPSA) is 73.0 Å². The number of nitrogens with zero attached hydrogens (tertiary/aromatic N) is 3. The van der Waals surface area contributed by atoms with Gasteiger partial charge in [-0.2, -0.15) is 5.10 Å². The second-order valence-electron chi connectivity index (χ2n) is 4.30. The molecule has 6 nitrogen and oxygen atoms in total. The van der Waals surface area contributed by atoms with Gasteiger partial charge in [0.25, 0.3) is 5.69 Å². The zero-order chi connectivity index (χ0) is 13.8. The molecule has 1 heterocycles. The Bertz CT molecular complexity index is 592. The van der Waals surface area contributed by atoms with E-state index in [2.05, 4.69) is 10.4 Å². The maximum atomic E-state index is 10.7. The van der Waals surface area contributed by atoms with E-state index >= 15 is 0 Å². The van der Waals surface area contributed by atoms with Gasteiger partial charge in [0.2, 0.25) is 0 Å². The van der Waals surface area contributed by atoms with Crippen LogP contribution in [-0.2, 0) is 20.0 Å². The molecule has 100 valence electrons. The Hall–Kier alpha value is -2.37. The van der Waals surface area contributed by atoms with Gasteiger partial charge in [-0.3, -0.25) is 14.8 Å². The predicted octanol–water partition coefficient (Wildman–Crippen LogP) is 2.50. The van der Waals surface area contributed by atoms with Gasteiger partial charge in [0.05, 0.1) is 16.3 Å². The Morgan fingerprint density at radius 2 is 2.26 bits per heavy atom. The summed E-state index contributed by atoms with van der Waals surface area (Å²) in [4.78, 5) is 10.3. The van der Waals surface area contributed by atoms with E-state index < -0.39 is 0 Å². The molecule has 0 spiro atoms. The first-order valence-electron chi connectivity index (χ1n) is 6.10. The minimum atomic E-state index is -0.384. The van der Waals surface area contributed by atoms with E-state index in [0.29, 0.717) is 6.54 Å². The highest BCUT2D eigenvalue weighted by molar-refractivity contribution is 5.47. The van der Waals surface area contributed by atoms with Crippen LogP contribution in [0.4, 0.5) is 11.4 Å². The Morgan fingerprint density at radius 3 is 2.95 bits per heavy atom. The number of hydrogen-bond donors (Lipinski definition) is 1. The van der Waals surface area contributed by atoms with Crippen LogP contribution in [0, 0.1) is 10.1 Å². The second kappa shape index (κ2) is 5.51. The Kier molecular flexibility index (Phi) is 3.79. The van der Waals surface area contributed by atoms with Crippen molar-refractivity contribution in [3.05, 3.63) is 51.8 Å². The maximum absolute atomic E-state index is 10.7. The molecule has 0 radical (unpaired) electrons. The number of aryl methyl sites for hydroxylation is 2. The average molecular weight is 260 g/mol. The molecule has 0 aliphatic rings. The van der Waals surface area contributed by atoms with Gasteiger partial charge in [-0.15, -0.1) is 0 Å². The molecule has 1 aromatic carbocycles. The Morgan fingerprint density at radius 1 is 1.47 bits per heavy atom. The largest absolute Gasteiger partial charge is 0.378 e. The van der Waals surface area contributed by atoms with E-state index in [1.54, 1.807) is 16.8 Å². The summed E-state index contributed by atoms with van der Waals surface area (Å²) < 4.78 is 1.76. The summed E-state index contributed by atoms with van der Waals surface area (Å²) in [6.45, 7) is 2.58. The molecular weight excluding hydrogens is 244 g/mol. The van der Waals surface area contributed by atoms with E-state index in [4.69, 9.17) is 0 Å². The van der Waals surface area contributed by atoms with Crippen LogP contribution in [-0.4, -0.2) is 14.7 Å². The number of rotatable bonds is 5. The zero-order valence-electron chi connectivity index (χ0n) is 11.0. The maximum Gasteiger partial charge on any atom is 0.269 e. The van der Waals surface area contributed by atoms with Gasteiger partial charge < -0.3 is 5.32 Å². The van der Waals surface area contributed by atoms with Crippen molar-refractivity contribution in [1.29, 1.82) is 0 Å². The summed E-state index contributed by atoms with van der Waals surface area (Å²) in [5, 5.41) is 18.3. The van der Waals surface area contributed by atoms with Crippen molar-refractivity contribution in [2.24, 2.45) is 7.05 Å². The first kappa shape index (κ1) is 13.1. The molecular formula is C13H16N4O2. The lowest BCUT2D eigenvalue weighted by molar-refractivity contribution is -0.384. The standard InChI is InChI=1S/C13H16N4O2/c1-3-12-13(9-16(2)15-12)14-8-10-5-4-6-11(7-10)17(18)19/h4-7,9,14H,3,8H2,1-2H3. The lowest BCUT2D eigenvalue weighted by Gasteiger charge is -2.05. The molecule has 19 heavy (non-hydrogen) atoms. The Balaban J connectivity index is 2.09. The number of nitrogens with one attached hydrogen (secondary N) is 1. The van der Waals surface area contributed by atoms with Crippen LogP contribution in [0.1, 0.15) is 18.2 Å². The molecule has 0 amide bonds. The predicted molar refractivity (Wildman–Crippen MR) is 73.0 cm³/mol. The van der Waals surface area contributed by atoms with E-state index in [0.717, 1.165) is 23.4 Å². The summed E-state index contributed by atoms with van der Waals surface area (Å²) in [7, 11) is 1.87. The summed E-state index contributed by atoms with van der Waals surface area (Å²) in [6.07, 6.45) is 2.76. The molecule has 0 saturated carbocycles. The van der Waals surface area contributed by atoms with Crippen molar-refractivity contribution in [2.45, 2.75) is 19.9 Å². The molecule has 0 bridgehead atoms. The number of nitro groups is 1. The number of hydrogen-bond acceptors (Lipinski definition) is 4. The van der Waals surface area contributed by atoms with Crippen molar-refractivity contribution in [3.8, 4) is 0 Å². The number of nitro benzene ring substituents is 1. The summed E-state index contributed by atoms with van der Waals surface area (Å²) in [5.41, 5.74) is 2.95. The van der Waals surface area contributed by atoms with E-state index in [1.165, 1.54) is 6.07 Å². The van der Waals surface area contributed by atoms with Crippen LogP contribution in [0.3, 0.4) is 0 Å². The molecule has 0 saturated heterocycles.